The van der Waals surface area contributed by atoms with Crippen molar-refractivity contribution in [3.63, 3.8) is 0 Å². The van der Waals surface area contributed by atoms with Crippen molar-refractivity contribution in [3.05, 3.63) is 29.8 Å². The van der Waals surface area contributed by atoms with Crippen LogP contribution in [0.5, 0.6) is 5.75 Å². The second-order valence-corrected chi connectivity index (χ2v) is 4.98. The van der Waals surface area contributed by atoms with Crippen LogP contribution in [0.25, 0.3) is 0 Å². The van der Waals surface area contributed by atoms with Crippen LogP contribution in [0.2, 0.25) is 0 Å². The van der Waals surface area contributed by atoms with Gasteiger partial charge in [0.1, 0.15) is 18.9 Å². The van der Waals surface area contributed by atoms with E-state index < -0.39 is 5.97 Å². The van der Waals surface area contributed by atoms with Crippen molar-refractivity contribution in [2.45, 2.75) is 19.9 Å². The molecule has 114 valence electrons. The van der Waals surface area contributed by atoms with Crippen LogP contribution >= 0.6 is 0 Å². The summed E-state index contributed by atoms with van der Waals surface area (Å²) in [7, 11) is 0. The van der Waals surface area contributed by atoms with E-state index in [-0.39, 0.29) is 12.6 Å². The number of carbonyl (C=O) groups excluding carboxylic acids is 1. The van der Waals surface area contributed by atoms with Crippen molar-refractivity contribution in [2.75, 3.05) is 26.2 Å². The van der Waals surface area contributed by atoms with Crippen molar-refractivity contribution >= 4 is 12.0 Å². The average Bonchev–Trinajstić information content (AvgIpc) is 2.67. The van der Waals surface area contributed by atoms with Gasteiger partial charge in [-0.15, -0.1) is 0 Å². The number of benzene rings is 1. The molecule has 0 saturated heterocycles. The number of rotatable bonds is 4. The van der Waals surface area contributed by atoms with Gasteiger partial charge in [-0.1, -0.05) is 25.1 Å². The minimum absolute atomic E-state index is 0.250. The molecule has 21 heavy (non-hydrogen) atoms. The Kier molecular flexibility index (Phi) is 5.03. The number of para-hydroxylation sites is 1. The van der Waals surface area contributed by atoms with Gasteiger partial charge < -0.3 is 19.6 Å². The van der Waals surface area contributed by atoms with E-state index in [2.05, 4.69) is 0 Å². The maximum absolute atomic E-state index is 12.5. The van der Waals surface area contributed by atoms with Crippen molar-refractivity contribution in [1.29, 1.82) is 0 Å². The Morgan fingerprint density at radius 2 is 2.14 bits per heavy atom. The van der Waals surface area contributed by atoms with Gasteiger partial charge in [0.05, 0.1) is 13.1 Å². The van der Waals surface area contributed by atoms with Gasteiger partial charge in [-0.05, 0) is 12.5 Å². The predicted molar refractivity (Wildman–Crippen MR) is 77.2 cm³/mol. The third kappa shape index (κ3) is 3.87. The number of hydrogen-bond donors (Lipinski definition) is 1. The van der Waals surface area contributed by atoms with E-state index in [9.17, 15) is 9.59 Å². The molecule has 6 nitrogen and oxygen atoms in total. The van der Waals surface area contributed by atoms with Crippen LogP contribution in [-0.4, -0.2) is 53.1 Å². The van der Waals surface area contributed by atoms with E-state index in [4.69, 9.17) is 9.84 Å². The summed E-state index contributed by atoms with van der Waals surface area (Å²) in [5.41, 5.74) is 0.940. The van der Waals surface area contributed by atoms with Crippen LogP contribution in [-0.2, 0) is 11.3 Å². The Morgan fingerprint density at radius 3 is 2.86 bits per heavy atom. The maximum atomic E-state index is 12.5. The molecule has 1 aromatic carbocycles. The zero-order valence-electron chi connectivity index (χ0n) is 12.1. The topological polar surface area (TPSA) is 70.1 Å². The van der Waals surface area contributed by atoms with E-state index in [0.29, 0.717) is 26.2 Å². The van der Waals surface area contributed by atoms with Crippen LogP contribution in [0.1, 0.15) is 18.9 Å². The van der Waals surface area contributed by atoms with Gasteiger partial charge in [0.15, 0.2) is 0 Å². The van der Waals surface area contributed by atoms with Gasteiger partial charge in [-0.3, -0.25) is 4.79 Å². The molecule has 0 fully saturated rings. The van der Waals surface area contributed by atoms with Crippen LogP contribution in [0.4, 0.5) is 4.79 Å². The number of carbonyl (C=O) groups is 2. The van der Waals surface area contributed by atoms with Crippen molar-refractivity contribution in [1.82, 2.24) is 9.80 Å². The fraction of sp³-hybridized carbons (Fsp3) is 0.467. The fourth-order valence-corrected chi connectivity index (χ4v) is 2.36. The van der Waals surface area contributed by atoms with E-state index in [0.717, 1.165) is 17.7 Å². The quantitative estimate of drug-likeness (QED) is 0.918. The molecule has 0 atom stereocenters. The Morgan fingerprint density at radius 1 is 1.38 bits per heavy atom. The summed E-state index contributed by atoms with van der Waals surface area (Å²) in [6.45, 7) is 3.39. The average molecular weight is 292 g/mol. The number of ether oxygens (including phenoxy) is 1. The largest absolute Gasteiger partial charge is 0.491 e. The molecule has 1 aliphatic heterocycles. The van der Waals surface area contributed by atoms with E-state index >= 15 is 0 Å². The van der Waals surface area contributed by atoms with E-state index in [1.54, 1.807) is 4.90 Å². The Labute approximate surface area is 123 Å². The van der Waals surface area contributed by atoms with Crippen LogP contribution in [0, 0.1) is 0 Å². The summed E-state index contributed by atoms with van der Waals surface area (Å²) in [5, 5.41) is 8.93. The lowest BCUT2D eigenvalue weighted by Crippen LogP contribution is -2.46. The SMILES string of the molecule is CCCN(CC(=O)O)C(=O)N1CCOc2ccccc2C1. The van der Waals surface area contributed by atoms with Crippen molar-refractivity contribution in [3.8, 4) is 5.75 Å². The van der Waals surface area contributed by atoms with Gasteiger partial charge in [-0.25, -0.2) is 4.79 Å². The molecule has 1 N–H and O–H groups in total. The Balaban J connectivity index is 2.12. The lowest BCUT2D eigenvalue weighted by atomic mass is 10.2. The van der Waals surface area contributed by atoms with Crippen molar-refractivity contribution in [2.24, 2.45) is 0 Å². The highest BCUT2D eigenvalue weighted by atomic mass is 16.5. The molecule has 2 rings (SSSR count). The monoisotopic (exact) mass is 292 g/mol. The highest BCUT2D eigenvalue weighted by Gasteiger charge is 2.25. The summed E-state index contributed by atoms with van der Waals surface area (Å²) >= 11 is 0. The zero-order chi connectivity index (χ0) is 15.2. The Bertz CT molecular complexity index is 518. The molecule has 0 radical (unpaired) electrons. The van der Waals surface area contributed by atoms with Gasteiger partial charge >= 0.3 is 12.0 Å². The summed E-state index contributed by atoms with van der Waals surface area (Å²) < 4.78 is 5.62. The normalized spacial score (nSPS) is 13.9. The summed E-state index contributed by atoms with van der Waals surface area (Å²) in [6, 6.07) is 7.34. The minimum atomic E-state index is -0.997. The first-order valence-corrected chi connectivity index (χ1v) is 7.08. The molecule has 1 aliphatic rings. The maximum Gasteiger partial charge on any atom is 0.323 e. The van der Waals surface area contributed by atoms with Crippen LogP contribution < -0.4 is 4.74 Å². The number of nitrogens with zero attached hydrogens (tertiary/aromatic N) is 2. The molecule has 0 spiro atoms. The number of urea groups is 1. The Hall–Kier alpha value is -2.24. The van der Waals surface area contributed by atoms with E-state index in [1.165, 1.54) is 4.90 Å². The lowest BCUT2D eigenvalue weighted by Gasteiger charge is -2.28. The molecule has 2 amide bonds. The first-order valence-electron chi connectivity index (χ1n) is 7.08. The van der Waals surface area contributed by atoms with Gasteiger partial charge in [-0.2, -0.15) is 0 Å². The zero-order valence-corrected chi connectivity index (χ0v) is 12.1. The van der Waals surface area contributed by atoms with Crippen LogP contribution in [0.3, 0.4) is 0 Å². The molecule has 0 unspecified atom stereocenters. The summed E-state index contributed by atoms with van der Waals surface area (Å²) in [6.07, 6.45) is 0.722. The number of carboxylic acids is 1. The van der Waals surface area contributed by atoms with Gasteiger partial charge in [0.25, 0.3) is 0 Å². The number of fused-ring (bicyclic) bond motifs is 1. The second kappa shape index (κ2) is 6.97. The first kappa shape index (κ1) is 15.2. The molecule has 6 heteroatoms. The number of aliphatic carboxylic acids is 1. The fourth-order valence-electron chi connectivity index (χ4n) is 2.36. The smallest absolute Gasteiger partial charge is 0.323 e. The lowest BCUT2D eigenvalue weighted by molar-refractivity contribution is -0.137. The molecule has 0 aromatic heterocycles. The number of carboxylic acid groups (broad SMARTS) is 1. The van der Waals surface area contributed by atoms with Crippen molar-refractivity contribution < 1.29 is 19.4 Å². The first-order chi connectivity index (χ1) is 10.1. The second-order valence-electron chi connectivity index (χ2n) is 4.98. The standard InChI is InChI=1S/C15H20N2O4/c1-2-7-16(11-14(18)19)15(20)17-8-9-21-13-6-4-3-5-12(13)10-17/h3-6H,2,7-11H2,1H3,(H,18,19). The van der Waals surface area contributed by atoms with Gasteiger partial charge in [0, 0.05) is 12.1 Å². The number of hydrogen-bond acceptors (Lipinski definition) is 3. The molecule has 0 saturated carbocycles. The van der Waals surface area contributed by atoms with Gasteiger partial charge in [0.2, 0.25) is 0 Å². The highest BCUT2D eigenvalue weighted by Crippen LogP contribution is 2.23. The third-order valence-corrected chi connectivity index (χ3v) is 3.31. The molecule has 0 bridgehead atoms. The van der Waals surface area contributed by atoms with Crippen LogP contribution in [0.15, 0.2) is 24.3 Å². The molecule has 1 aromatic rings. The summed E-state index contributed by atoms with van der Waals surface area (Å²) in [5.74, 6) is -0.212. The molecular formula is C15H20N2O4. The van der Waals surface area contributed by atoms with E-state index in [1.807, 2.05) is 31.2 Å². The minimum Gasteiger partial charge on any atom is -0.491 e. The number of amides is 2. The molecular weight excluding hydrogens is 272 g/mol. The highest BCUT2D eigenvalue weighted by molar-refractivity contribution is 5.80. The summed E-state index contributed by atoms with van der Waals surface area (Å²) in [4.78, 5) is 26.4. The third-order valence-electron chi connectivity index (χ3n) is 3.31. The predicted octanol–water partition coefficient (Wildman–Crippen LogP) is 1.80. The molecule has 0 aliphatic carbocycles. The molecule has 1 heterocycles.